The van der Waals surface area contributed by atoms with Gasteiger partial charge in [0, 0.05) is 5.69 Å². The number of nitrogens with one attached hydrogen (secondary N) is 1. The third-order valence-electron chi connectivity index (χ3n) is 2.66. The standard InChI is InChI=1S/C10H14FN3/c11-7-3-4-9(12)8(5-7)10(14-13)6-1-2-6/h3-6,10,14H,1-2,12-13H2. The largest absolute Gasteiger partial charge is 0.398 e. The molecule has 1 atom stereocenters. The molecular weight excluding hydrogens is 181 g/mol. The molecule has 0 radical (unpaired) electrons. The van der Waals surface area contributed by atoms with Crippen LogP contribution in [0.15, 0.2) is 18.2 Å². The number of nitrogen functional groups attached to an aromatic ring is 1. The number of hydrogen-bond acceptors (Lipinski definition) is 3. The second-order valence-electron chi connectivity index (χ2n) is 3.76. The third-order valence-corrected chi connectivity index (χ3v) is 2.66. The zero-order valence-electron chi connectivity index (χ0n) is 7.83. The molecule has 0 aliphatic heterocycles. The van der Waals surface area contributed by atoms with Gasteiger partial charge >= 0.3 is 0 Å². The predicted octanol–water partition coefficient (Wildman–Crippen LogP) is 1.32. The van der Waals surface area contributed by atoms with Crippen molar-refractivity contribution in [2.75, 3.05) is 5.73 Å². The van der Waals surface area contributed by atoms with E-state index >= 15 is 0 Å². The van der Waals surface area contributed by atoms with Gasteiger partial charge in [0.15, 0.2) is 0 Å². The Balaban J connectivity index is 2.32. The van der Waals surface area contributed by atoms with Crippen LogP contribution in [0, 0.1) is 11.7 Å². The van der Waals surface area contributed by atoms with Gasteiger partial charge in [0.25, 0.3) is 0 Å². The average Bonchev–Trinajstić information content (AvgIpc) is 2.96. The van der Waals surface area contributed by atoms with Gasteiger partial charge in [-0.2, -0.15) is 0 Å². The number of halogens is 1. The van der Waals surface area contributed by atoms with Gasteiger partial charge in [0.05, 0.1) is 6.04 Å². The van der Waals surface area contributed by atoms with Crippen molar-refractivity contribution in [3.05, 3.63) is 29.6 Å². The number of rotatable bonds is 3. The van der Waals surface area contributed by atoms with E-state index in [0.29, 0.717) is 11.6 Å². The Labute approximate surface area is 82.3 Å². The molecule has 4 heteroatoms. The normalized spacial score (nSPS) is 18.1. The Morgan fingerprint density at radius 3 is 2.71 bits per heavy atom. The van der Waals surface area contributed by atoms with Crippen LogP contribution in [0.4, 0.5) is 10.1 Å². The zero-order valence-corrected chi connectivity index (χ0v) is 7.83. The van der Waals surface area contributed by atoms with Crippen LogP contribution < -0.4 is 17.0 Å². The minimum atomic E-state index is -0.268. The van der Waals surface area contributed by atoms with Crippen molar-refractivity contribution < 1.29 is 4.39 Å². The van der Waals surface area contributed by atoms with E-state index in [4.69, 9.17) is 11.6 Å². The Morgan fingerprint density at radius 2 is 2.14 bits per heavy atom. The van der Waals surface area contributed by atoms with Crippen molar-refractivity contribution in [2.45, 2.75) is 18.9 Å². The lowest BCUT2D eigenvalue weighted by Crippen LogP contribution is -2.30. The number of hydrogen-bond donors (Lipinski definition) is 3. The fourth-order valence-corrected chi connectivity index (χ4v) is 1.72. The molecule has 1 saturated carbocycles. The maximum atomic E-state index is 13.0. The van der Waals surface area contributed by atoms with E-state index < -0.39 is 0 Å². The summed E-state index contributed by atoms with van der Waals surface area (Å²) in [5, 5.41) is 0. The van der Waals surface area contributed by atoms with Gasteiger partial charge in [-0.05, 0) is 42.5 Å². The molecule has 1 aromatic rings. The monoisotopic (exact) mass is 195 g/mol. The van der Waals surface area contributed by atoms with Gasteiger partial charge in [0.2, 0.25) is 0 Å². The van der Waals surface area contributed by atoms with E-state index in [0.717, 1.165) is 18.4 Å². The molecule has 5 N–H and O–H groups in total. The first-order valence-electron chi connectivity index (χ1n) is 4.73. The van der Waals surface area contributed by atoms with Gasteiger partial charge in [-0.25, -0.2) is 4.39 Å². The Kier molecular flexibility index (Phi) is 2.39. The van der Waals surface area contributed by atoms with E-state index in [2.05, 4.69) is 5.43 Å². The van der Waals surface area contributed by atoms with Crippen LogP contribution in [0.25, 0.3) is 0 Å². The summed E-state index contributed by atoms with van der Waals surface area (Å²) in [7, 11) is 0. The Hall–Kier alpha value is -1.13. The summed E-state index contributed by atoms with van der Waals surface area (Å²) in [6.07, 6.45) is 2.26. The average molecular weight is 195 g/mol. The maximum Gasteiger partial charge on any atom is 0.123 e. The molecule has 1 aromatic carbocycles. The van der Waals surface area contributed by atoms with E-state index in [-0.39, 0.29) is 11.9 Å². The second kappa shape index (κ2) is 3.55. The summed E-state index contributed by atoms with van der Waals surface area (Å²) < 4.78 is 13.0. The maximum absolute atomic E-state index is 13.0. The minimum absolute atomic E-state index is 0.00861. The molecule has 1 fully saturated rings. The quantitative estimate of drug-likeness (QED) is 0.387. The highest BCUT2D eigenvalue weighted by atomic mass is 19.1. The molecule has 3 nitrogen and oxygen atoms in total. The molecule has 0 bridgehead atoms. The first-order valence-corrected chi connectivity index (χ1v) is 4.73. The van der Waals surface area contributed by atoms with E-state index in [1.807, 2.05) is 0 Å². The van der Waals surface area contributed by atoms with Crippen molar-refractivity contribution in [2.24, 2.45) is 11.8 Å². The molecule has 0 spiro atoms. The van der Waals surface area contributed by atoms with Crippen LogP contribution in [0.1, 0.15) is 24.4 Å². The Bertz CT molecular complexity index is 336. The molecule has 1 unspecified atom stereocenters. The lowest BCUT2D eigenvalue weighted by molar-refractivity contribution is 0.494. The number of anilines is 1. The summed E-state index contributed by atoms with van der Waals surface area (Å²) in [6.45, 7) is 0. The first-order chi connectivity index (χ1) is 6.72. The minimum Gasteiger partial charge on any atom is -0.398 e. The summed E-state index contributed by atoms with van der Waals surface area (Å²) in [5.74, 6) is 5.67. The van der Waals surface area contributed by atoms with Gasteiger partial charge in [-0.3, -0.25) is 11.3 Å². The van der Waals surface area contributed by atoms with Gasteiger partial charge < -0.3 is 5.73 Å². The van der Waals surface area contributed by atoms with Crippen LogP contribution in [-0.4, -0.2) is 0 Å². The molecule has 1 aliphatic carbocycles. The lowest BCUT2D eigenvalue weighted by atomic mass is 10.0. The number of nitrogens with two attached hydrogens (primary N) is 2. The van der Waals surface area contributed by atoms with Crippen LogP contribution in [0.2, 0.25) is 0 Å². The highest BCUT2D eigenvalue weighted by Gasteiger charge is 2.32. The summed E-state index contributed by atoms with van der Waals surface area (Å²) in [4.78, 5) is 0. The van der Waals surface area contributed by atoms with Crippen molar-refractivity contribution in [1.29, 1.82) is 0 Å². The molecule has 0 amide bonds. The molecule has 76 valence electrons. The topological polar surface area (TPSA) is 64.1 Å². The number of hydrazine groups is 1. The van der Waals surface area contributed by atoms with Crippen molar-refractivity contribution in [1.82, 2.24) is 5.43 Å². The van der Waals surface area contributed by atoms with Crippen LogP contribution in [0.3, 0.4) is 0 Å². The van der Waals surface area contributed by atoms with E-state index in [1.54, 1.807) is 6.07 Å². The fraction of sp³-hybridized carbons (Fsp3) is 0.400. The highest BCUT2D eigenvalue weighted by Crippen LogP contribution is 2.42. The molecule has 0 heterocycles. The van der Waals surface area contributed by atoms with Gasteiger partial charge in [0.1, 0.15) is 5.82 Å². The van der Waals surface area contributed by atoms with Gasteiger partial charge in [-0.1, -0.05) is 0 Å². The van der Waals surface area contributed by atoms with Crippen molar-refractivity contribution in [3.63, 3.8) is 0 Å². The van der Waals surface area contributed by atoms with Crippen molar-refractivity contribution in [3.8, 4) is 0 Å². The zero-order chi connectivity index (χ0) is 10.1. The third kappa shape index (κ3) is 1.71. The fourth-order valence-electron chi connectivity index (χ4n) is 1.72. The van der Waals surface area contributed by atoms with Crippen LogP contribution >= 0.6 is 0 Å². The first kappa shape index (κ1) is 9.43. The molecule has 14 heavy (non-hydrogen) atoms. The number of benzene rings is 1. The Morgan fingerprint density at radius 1 is 1.43 bits per heavy atom. The predicted molar refractivity (Wildman–Crippen MR) is 53.6 cm³/mol. The van der Waals surface area contributed by atoms with E-state index in [1.165, 1.54) is 12.1 Å². The highest BCUT2D eigenvalue weighted by molar-refractivity contribution is 5.49. The van der Waals surface area contributed by atoms with Crippen LogP contribution in [0.5, 0.6) is 0 Å². The molecule has 1 aliphatic rings. The summed E-state index contributed by atoms with van der Waals surface area (Å²) in [5.41, 5.74) is 9.84. The molecule has 0 saturated heterocycles. The van der Waals surface area contributed by atoms with E-state index in [9.17, 15) is 4.39 Å². The molecule has 2 rings (SSSR count). The lowest BCUT2D eigenvalue weighted by Gasteiger charge is -2.17. The van der Waals surface area contributed by atoms with Gasteiger partial charge in [-0.15, -0.1) is 0 Å². The van der Waals surface area contributed by atoms with Crippen LogP contribution in [-0.2, 0) is 0 Å². The summed E-state index contributed by atoms with van der Waals surface area (Å²) >= 11 is 0. The smallest absolute Gasteiger partial charge is 0.123 e. The van der Waals surface area contributed by atoms with Crippen molar-refractivity contribution >= 4 is 5.69 Å². The summed E-state index contributed by atoms with van der Waals surface area (Å²) in [6, 6.07) is 4.39. The molecular formula is C10H14FN3. The SMILES string of the molecule is NNC(c1cc(F)ccc1N)C1CC1. The second-order valence-corrected chi connectivity index (χ2v) is 3.76. The molecule has 0 aromatic heterocycles.